The van der Waals surface area contributed by atoms with Crippen molar-refractivity contribution < 1.29 is 23.9 Å². The molecule has 1 unspecified atom stereocenters. The monoisotopic (exact) mass is 808 g/mol. The Morgan fingerprint density at radius 3 is 1.95 bits per heavy atom. The normalized spacial score (nSPS) is 20.9. The fraction of sp³-hybridized carbons (Fsp3) is 0.173. The summed E-state index contributed by atoms with van der Waals surface area (Å²) < 4.78 is 10.3. The van der Waals surface area contributed by atoms with Gasteiger partial charge in [-0.1, -0.05) is 133 Å². The van der Waals surface area contributed by atoms with Crippen molar-refractivity contribution in [1.29, 1.82) is 0 Å². The second-order valence-electron chi connectivity index (χ2n) is 15.4. The van der Waals surface area contributed by atoms with Gasteiger partial charge in [0, 0.05) is 40.9 Å². The van der Waals surface area contributed by atoms with Crippen LogP contribution in [0, 0.1) is 5.92 Å². The van der Waals surface area contributed by atoms with Crippen molar-refractivity contribution in [3.63, 3.8) is 0 Å². The van der Waals surface area contributed by atoms with Crippen molar-refractivity contribution in [3.8, 4) is 28.0 Å². The molecule has 6 aromatic carbocycles. The lowest BCUT2D eigenvalue weighted by Gasteiger charge is -2.37. The molecule has 3 aliphatic rings. The molecule has 0 saturated carbocycles. The van der Waals surface area contributed by atoms with E-state index in [1.54, 1.807) is 31.0 Å². The topological polar surface area (TPSA) is 76.1 Å². The Morgan fingerprint density at radius 2 is 1.32 bits per heavy atom. The largest absolute Gasteiger partial charge is 0.497 e. The van der Waals surface area contributed by atoms with Gasteiger partial charge in [-0.25, -0.2) is 4.79 Å². The van der Waals surface area contributed by atoms with E-state index in [4.69, 9.17) is 9.47 Å². The third kappa shape index (κ3) is 7.06. The highest BCUT2D eigenvalue weighted by atomic mass is 32.2. The molecule has 0 aliphatic carbocycles. The predicted octanol–water partition coefficient (Wildman–Crippen LogP) is 10.0. The molecule has 0 bridgehead atoms. The number of nitrogens with zero attached hydrogens (tertiary/aromatic N) is 2. The Labute approximate surface area is 355 Å². The van der Waals surface area contributed by atoms with Gasteiger partial charge in [0.1, 0.15) is 11.3 Å². The molecule has 60 heavy (non-hydrogen) atoms. The van der Waals surface area contributed by atoms with E-state index in [0.29, 0.717) is 12.4 Å². The van der Waals surface area contributed by atoms with E-state index >= 15 is 9.59 Å². The minimum Gasteiger partial charge on any atom is -0.497 e. The lowest BCUT2D eigenvalue weighted by molar-refractivity contribution is -0.136. The Bertz CT molecular complexity index is 2590. The summed E-state index contributed by atoms with van der Waals surface area (Å²) in [6, 6.07) is 50.7. The van der Waals surface area contributed by atoms with E-state index in [-0.39, 0.29) is 23.7 Å². The van der Waals surface area contributed by atoms with Crippen LogP contribution in [0.25, 0.3) is 34.4 Å². The molecule has 9 rings (SSSR count). The van der Waals surface area contributed by atoms with Gasteiger partial charge in [-0.15, -0.1) is 11.8 Å². The van der Waals surface area contributed by atoms with Crippen LogP contribution in [-0.4, -0.2) is 54.5 Å². The Hall–Kier alpha value is -6.48. The Morgan fingerprint density at radius 1 is 0.717 bits per heavy atom. The highest BCUT2D eigenvalue weighted by molar-refractivity contribution is 7.99. The maximum atomic E-state index is 15.8. The first kappa shape index (κ1) is 39.0. The van der Waals surface area contributed by atoms with E-state index in [1.165, 1.54) is 13.2 Å². The zero-order valence-electron chi connectivity index (χ0n) is 33.4. The highest BCUT2D eigenvalue weighted by Crippen LogP contribution is 2.62. The molecule has 298 valence electrons. The second kappa shape index (κ2) is 16.6. The summed E-state index contributed by atoms with van der Waals surface area (Å²) in [6.45, 7) is 0.307. The first-order valence-electron chi connectivity index (χ1n) is 20.1. The number of carbonyl (C=O) groups excluding carboxylic acids is 3. The minimum absolute atomic E-state index is 0.0999. The van der Waals surface area contributed by atoms with Crippen LogP contribution in [0.4, 0.5) is 5.69 Å². The highest BCUT2D eigenvalue weighted by Gasteiger charge is 2.70. The molecule has 8 heteroatoms. The zero-order valence-corrected chi connectivity index (χ0v) is 34.3. The number of thioether (sulfide) groups is 1. The van der Waals surface area contributed by atoms with Crippen molar-refractivity contribution in [3.05, 3.63) is 192 Å². The minimum atomic E-state index is -1.33. The van der Waals surface area contributed by atoms with Crippen LogP contribution < -0.4 is 9.64 Å². The first-order chi connectivity index (χ1) is 29.4. The van der Waals surface area contributed by atoms with Crippen LogP contribution in [0.5, 0.6) is 5.75 Å². The van der Waals surface area contributed by atoms with E-state index in [1.807, 2.05) is 102 Å². The molecule has 2 fully saturated rings. The lowest BCUT2D eigenvalue weighted by atomic mass is 9.70. The summed E-state index contributed by atoms with van der Waals surface area (Å²) in [7, 11) is 2.98. The van der Waals surface area contributed by atoms with Gasteiger partial charge >= 0.3 is 5.97 Å². The number of rotatable bonds is 11. The number of anilines is 1. The maximum absolute atomic E-state index is 15.8. The number of hydrogen-bond acceptors (Lipinski definition) is 7. The molecule has 0 radical (unpaired) electrons. The number of allylic oxidation sites excluding steroid dienone is 1. The first-order valence-corrected chi connectivity index (χ1v) is 21.3. The fourth-order valence-corrected chi connectivity index (χ4v) is 10.6. The van der Waals surface area contributed by atoms with Gasteiger partial charge < -0.3 is 14.4 Å². The summed E-state index contributed by atoms with van der Waals surface area (Å²) >= 11 is 1.79. The molecule has 2 saturated heterocycles. The zero-order chi connectivity index (χ0) is 41.2. The van der Waals surface area contributed by atoms with E-state index in [9.17, 15) is 4.79 Å². The summed E-state index contributed by atoms with van der Waals surface area (Å²) in [5.41, 5.74) is 8.18. The molecule has 3 aliphatic heterocycles. The Kier molecular flexibility index (Phi) is 10.8. The van der Waals surface area contributed by atoms with Gasteiger partial charge in [-0.05, 0) is 80.9 Å². The van der Waals surface area contributed by atoms with E-state index in [2.05, 4.69) is 65.6 Å². The predicted molar refractivity (Wildman–Crippen MR) is 240 cm³/mol. The quantitative estimate of drug-likeness (QED) is 0.0953. The number of amides is 1. The number of fused-ring (bicyclic) bond motifs is 4. The van der Waals surface area contributed by atoms with Crippen molar-refractivity contribution >= 4 is 47.3 Å². The average molecular weight is 809 g/mol. The number of benzene rings is 6. The summed E-state index contributed by atoms with van der Waals surface area (Å²) in [6.07, 6.45) is 6.65. The third-order valence-corrected chi connectivity index (χ3v) is 13.2. The van der Waals surface area contributed by atoms with Crippen LogP contribution in [0.15, 0.2) is 164 Å². The molecular weight excluding hydrogens is 765 g/mol. The van der Waals surface area contributed by atoms with Gasteiger partial charge in [-0.2, -0.15) is 0 Å². The lowest BCUT2D eigenvalue weighted by Crippen LogP contribution is -2.54. The average Bonchev–Trinajstić information content (AvgIpc) is 3.97. The SMILES string of the molecule is COC(=O)/C=C/c1ccc2c(c1)C1(C(=O)N2Cc2ccc(OC)cc2)[C@H](C(=O)/C=C/c2ccc(-c3ccccc3)cc2)[C@@H](c2ccc(-c3ccccc3)cc2)[C@@H]2CSCN21. The van der Waals surface area contributed by atoms with Gasteiger partial charge in [0.2, 0.25) is 0 Å². The van der Waals surface area contributed by atoms with Gasteiger partial charge in [0.25, 0.3) is 5.91 Å². The summed E-state index contributed by atoms with van der Waals surface area (Å²) in [5, 5.41) is 0. The van der Waals surface area contributed by atoms with Crippen LogP contribution in [0.2, 0.25) is 0 Å². The number of ether oxygens (including phenoxy) is 2. The number of esters is 1. The van der Waals surface area contributed by atoms with Crippen LogP contribution in [-0.2, 0) is 31.2 Å². The summed E-state index contributed by atoms with van der Waals surface area (Å²) in [4.78, 5) is 47.7. The van der Waals surface area contributed by atoms with Crippen molar-refractivity contribution in [2.24, 2.45) is 5.92 Å². The number of methoxy groups -OCH3 is 2. The van der Waals surface area contributed by atoms with E-state index in [0.717, 1.165) is 67.3 Å². The molecule has 1 spiro atoms. The molecule has 6 aromatic rings. The van der Waals surface area contributed by atoms with E-state index < -0.39 is 17.4 Å². The van der Waals surface area contributed by atoms with Crippen molar-refractivity contribution in [1.82, 2.24) is 4.90 Å². The number of carbonyl (C=O) groups is 3. The van der Waals surface area contributed by atoms with Crippen molar-refractivity contribution in [2.75, 3.05) is 30.7 Å². The fourth-order valence-electron chi connectivity index (χ4n) is 9.31. The van der Waals surface area contributed by atoms with Gasteiger partial charge in [-0.3, -0.25) is 14.5 Å². The number of ketones is 1. The second-order valence-corrected chi connectivity index (χ2v) is 16.4. The molecule has 4 atom stereocenters. The van der Waals surface area contributed by atoms with Crippen molar-refractivity contribution in [2.45, 2.75) is 24.0 Å². The smallest absolute Gasteiger partial charge is 0.330 e. The van der Waals surface area contributed by atoms with Crippen LogP contribution >= 0.6 is 11.8 Å². The third-order valence-electron chi connectivity index (χ3n) is 12.2. The molecule has 3 heterocycles. The molecule has 7 nitrogen and oxygen atoms in total. The molecule has 0 aromatic heterocycles. The molecular formula is C52H44N2O5S. The standard InChI is InChI=1S/C52H44N2O5S/c1-58-43-26-15-37(16-27-43)32-53-45-28-17-36(19-30-48(56)59-2)31-44(45)52(51(53)57)50(47(55)29-18-35-13-20-40(21-14-35)38-9-5-3-6-10-38)49(46-33-60-34-54(46)52)42-24-22-41(23-25-42)39-11-7-4-8-12-39/h3-31,46,49-50H,32-34H2,1-2H3/b29-18+,30-19+/t46-,49-,50+,52?/m0/s1. The molecule has 1 amide bonds. The van der Waals surface area contributed by atoms with Gasteiger partial charge in [0.05, 0.1) is 26.7 Å². The Balaban J connectivity index is 1.19. The summed E-state index contributed by atoms with van der Waals surface area (Å²) in [5.74, 6) is 0.301. The number of hydrogen-bond donors (Lipinski definition) is 0. The maximum Gasteiger partial charge on any atom is 0.330 e. The van der Waals surface area contributed by atoms with Crippen LogP contribution in [0.1, 0.15) is 33.7 Å². The van der Waals surface area contributed by atoms with Gasteiger partial charge in [0.15, 0.2) is 5.78 Å². The molecule has 0 N–H and O–H groups in total. The van der Waals surface area contributed by atoms with Crippen LogP contribution in [0.3, 0.4) is 0 Å².